The lowest BCUT2D eigenvalue weighted by Crippen LogP contribution is -2.06. The summed E-state index contributed by atoms with van der Waals surface area (Å²) in [5, 5.41) is 9.80. The van der Waals surface area contributed by atoms with Gasteiger partial charge in [-0.3, -0.25) is 0 Å². The number of rotatable bonds is 6. The van der Waals surface area contributed by atoms with E-state index in [-0.39, 0.29) is 0 Å². The standard InChI is InChI=1S/C18H22N4S/c1-4-22-17(12-16-6-5-11-21(16)3)19-20-18(22)23-13-15-9-7-14(2)8-10-15/h5-11H,4,12-13H2,1-3H3. The normalized spacial score (nSPS) is 11.1. The van der Waals surface area contributed by atoms with Gasteiger partial charge in [-0.05, 0) is 31.5 Å². The summed E-state index contributed by atoms with van der Waals surface area (Å²) in [6, 6.07) is 12.9. The Hall–Kier alpha value is -2.01. The average Bonchev–Trinajstić information content (AvgIpc) is 3.13. The number of hydrogen-bond acceptors (Lipinski definition) is 3. The van der Waals surface area contributed by atoms with Crippen molar-refractivity contribution in [2.45, 2.75) is 37.7 Å². The van der Waals surface area contributed by atoms with Gasteiger partial charge < -0.3 is 9.13 Å². The van der Waals surface area contributed by atoms with Gasteiger partial charge in [-0.2, -0.15) is 0 Å². The molecule has 0 unspecified atom stereocenters. The van der Waals surface area contributed by atoms with Gasteiger partial charge in [0, 0.05) is 37.7 Å². The van der Waals surface area contributed by atoms with Crippen LogP contribution in [-0.4, -0.2) is 19.3 Å². The lowest BCUT2D eigenvalue weighted by atomic mass is 10.2. The van der Waals surface area contributed by atoms with Crippen LogP contribution in [0.1, 0.15) is 29.6 Å². The van der Waals surface area contributed by atoms with Gasteiger partial charge in [0.15, 0.2) is 5.16 Å². The average molecular weight is 326 g/mol. The molecule has 23 heavy (non-hydrogen) atoms. The molecule has 5 heteroatoms. The summed E-state index contributed by atoms with van der Waals surface area (Å²) in [6.45, 7) is 5.15. The van der Waals surface area contributed by atoms with Crippen molar-refractivity contribution in [3.63, 3.8) is 0 Å². The molecule has 0 saturated heterocycles. The highest BCUT2D eigenvalue weighted by Gasteiger charge is 2.13. The molecule has 120 valence electrons. The molecule has 3 aromatic rings. The molecular weight excluding hydrogens is 304 g/mol. The third-order valence-corrected chi connectivity index (χ3v) is 5.03. The van der Waals surface area contributed by atoms with E-state index in [4.69, 9.17) is 0 Å². The summed E-state index contributed by atoms with van der Waals surface area (Å²) in [4.78, 5) is 0. The Morgan fingerprint density at radius 1 is 1.09 bits per heavy atom. The Bertz CT molecular complexity index is 771. The van der Waals surface area contributed by atoms with Gasteiger partial charge in [0.1, 0.15) is 5.82 Å². The minimum atomic E-state index is 0.815. The Labute approximate surface area is 141 Å². The fourth-order valence-electron chi connectivity index (χ4n) is 2.55. The molecule has 2 heterocycles. The molecule has 0 aliphatic heterocycles. The monoisotopic (exact) mass is 326 g/mol. The molecule has 4 nitrogen and oxygen atoms in total. The molecule has 0 saturated carbocycles. The summed E-state index contributed by atoms with van der Waals surface area (Å²) in [5.74, 6) is 1.95. The SMILES string of the molecule is CCn1c(Cc2cccn2C)nnc1SCc1ccc(C)cc1. The quantitative estimate of drug-likeness (QED) is 0.646. The van der Waals surface area contributed by atoms with Crippen molar-refractivity contribution in [1.29, 1.82) is 0 Å². The van der Waals surface area contributed by atoms with Crippen molar-refractivity contribution in [2.24, 2.45) is 7.05 Å². The van der Waals surface area contributed by atoms with Gasteiger partial charge in [0.25, 0.3) is 0 Å². The lowest BCUT2D eigenvalue weighted by molar-refractivity contribution is 0.645. The zero-order valence-corrected chi connectivity index (χ0v) is 14.7. The number of benzene rings is 1. The highest BCUT2D eigenvalue weighted by Crippen LogP contribution is 2.23. The summed E-state index contributed by atoms with van der Waals surface area (Å²) in [6.07, 6.45) is 2.88. The first-order valence-electron chi connectivity index (χ1n) is 7.88. The maximum atomic E-state index is 4.41. The van der Waals surface area contributed by atoms with Crippen LogP contribution in [0, 0.1) is 6.92 Å². The van der Waals surface area contributed by atoms with Crippen LogP contribution in [0.3, 0.4) is 0 Å². The van der Waals surface area contributed by atoms with Crippen molar-refractivity contribution in [3.05, 3.63) is 65.2 Å². The molecule has 1 aromatic carbocycles. The fourth-order valence-corrected chi connectivity index (χ4v) is 3.53. The zero-order valence-electron chi connectivity index (χ0n) is 13.9. The third kappa shape index (κ3) is 3.67. The van der Waals surface area contributed by atoms with Gasteiger partial charge in [-0.1, -0.05) is 41.6 Å². The molecule has 0 aliphatic rings. The van der Waals surface area contributed by atoms with Crippen LogP contribution < -0.4 is 0 Å². The van der Waals surface area contributed by atoms with E-state index in [9.17, 15) is 0 Å². The number of thioether (sulfide) groups is 1. The van der Waals surface area contributed by atoms with Crippen molar-refractivity contribution >= 4 is 11.8 Å². The lowest BCUT2D eigenvalue weighted by Gasteiger charge is -2.08. The van der Waals surface area contributed by atoms with Crippen LogP contribution in [0.15, 0.2) is 47.8 Å². The first kappa shape index (κ1) is 15.9. The van der Waals surface area contributed by atoms with Gasteiger partial charge >= 0.3 is 0 Å². The van der Waals surface area contributed by atoms with Gasteiger partial charge in [-0.15, -0.1) is 10.2 Å². The van der Waals surface area contributed by atoms with Crippen LogP contribution in [0.25, 0.3) is 0 Å². The second-order valence-electron chi connectivity index (χ2n) is 5.70. The Morgan fingerprint density at radius 3 is 2.52 bits per heavy atom. The van der Waals surface area contributed by atoms with E-state index < -0.39 is 0 Å². The number of aromatic nitrogens is 4. The van der Waals surface area contributed by atoms with E-state index in [0.29, 0.717) is 0 Å². The second kappa shape index (κ2) is 7.04. The molecule has 2 aromatic heterocycles. The smallest absolute Gasteiger partial charge is 0.191 e. The topological polar surface area (TPSA) is 35.6 Å². The molecule has 0 fully saturated rings. The first-order valence-corrected chi connectivity index (χ1v) is 8.86. The largest absolute Gasteiger partial charge is 0.354 e. The first-order chi connectivity index (χ1) is 11.2. The van der Waals surface area contributed by atoms with Crippen molar-refractivity contribution in [2.75, 3.05) is 0 Å². The molecule has 0 aliphatic carbocycles. The van der Waals surface area contributed by atoms with E-state index in [1.165, 1.54) is 16.8 Å². The number of hydrogen-bond donors (Lipinski definition) is 0. The van der Waals surface area contributed by atoms with Crippen LogP contribution in [0.5, 0.6) is 0 Å². The predicted molar refractivity (Wildman–Crippen MR) is 94.7 cm³/mol. The van der Waals surface area contributed by atoms with E-state index in [0.717, 1.165) is 29.7 Å². The van der Waals surface area contributed by atoms with Crippen LogP contribution in [0.4, 0.5) is 0 Å². The molecule has 0 N–H and O–H groups in total. The van der Waals surface area contributed by atoms with Crippen LogP contribution >= 0.6 is 11.8 Å². The summed E-state index contributed by atoms with van der Waals surface area (Å²) >= 11 is 1.75. The van der Waals surface area contributed by atoms with Gasteiger partial charge in [0.05, 0.1) is 0 Å². The third-order valence-electron chi connectivity index (χ3n) is 3.99. The van der Waals surface area contributed by atoms with E-state index in [2.05, 4.69) is 82.8 Å². The number of nitrogens with zero attached hydrogens (tertiary/aromatic N) is 4. The van der Waals surface area contributed by atoms with Crippen LogP contribution in [0.2, 0.25) is 0 Å². The minimum absolute atomic E-state index is 0.815. The molecular formula is C18H22N4S. The second-order valence-corrected chi connectivity index (χ2v) is 6.65. The highest BCUT2D eigenvalue weighted by atomic mass is 32.2. The maximum Gasteiger partial charge on any atom is 0.191 e. The number of aryl methyl sites for hydroxylation is 2. The fraction of sp³-hybridized carbons (Fsp3) is 0.333. The summed E-state index contributed by atoms with van der Waals surface area (Å²) in [5.41, 5.74) is 3.86. The molecule has 0 spiro atoms. The molecule has 0 radical (unpaired) electrons. The Balaban J connectivity index is 1.73. The zero-order chi connectivity index (χ0) is 16.2. The van der Waals surface area contributed by atoms with Crippen molar-refractivity contribution in [1.82, 2.24) is 19.3 Å². The Kier molecular flexibility index (Phi) is 4.86. The summed E-state index contributed by atoms with van der Waals surface area (Å²) < 4.78 is 4.35. The maximum absolute atomic E-state index is 4.41. The molecule has 3 rings (SSSR count). The van der Waals surface area contributed by atoms with E-state index in [1.54, 1.807) is 11.8 Å². The molecule has 0 bridgehead atoms. The van der Waals surface area contributed by atoms with E-state index in [1.807, 2.05) is 0 Å². The van der Waals surface area contributed by atoms with Crippen molar-refractivity contribution in [3.8, 4) is 0 Å². The van der Waals surface area contributed by atoms with Crippen molar-refractivity contribution < 1.29 is 0 Å². The Morgan fingerprint density at radius 2 is 1.87 bits per heavy atom. The highest BCUT2D eigenvalue weighted by molar-refractivity contribution is 7.98. The molecule has 0 atom stereocenters. The molecule has 0 amide bonds. The minimum Gasteiger partial charge on any atom is -0.354 e. The van der Waals surface area contributed by atoms with Gasteiger partial charge in [-0.25, -0.2) is 0 Å². The van der Waals surface area contributed by atoms with Crippen LogP contribution in [-0.2, 0) is 25.8 Å². The van der Waals surface area contributed by atoms with E-state index >= 15 is 0 Å². The summed E-state index contributed by atoms with van der Waals surface area (Å²) in [7, 11) is 2.06. The van der Waals surface area contributed by atoms with Gasteiger partial charge in [0.2, 0.25) is 0 Å². The predicted octanol–water partition coefficient (Wildman–Crippen LogP) is 3.83.